The second kappa shape index (κ2) is 5.02. The van der Waals surface area contributed by atoms with Gasteiger partial charge in [-0.3, -0.25) is 0 Å². The van der Waals surface area contributed by atoms with E-state index in [0.29, 0.717) is 24.1 Å². The first kappa shape index (κ1) is 13.0. The molecule has 3 nitrogen and oxygen atoms in total. The number of piperidine rings is 1. The zero-order valence-corrected chi connectivity index (χ0v) is 10.9. The Morgan fingerprint density at radius 1 is 1.53 bits per heavy atom. The fourth-order valence-corrected chi connectivity index (χ4v) is 2.56. The molecule has 1 aliphatic heterocycles. The average Bonchev–Trinajstić information content (AvgIpc) is 2.34. The largest absolute Gasteiger partial charge is 0.392 e. The van der Waals surface area contributed by atoms with Gasteiger partial charge >= 0.3 is 0 Å². The van der Waals surface area contributed by atoms with Crippen LogP contribution in [0.5, 0.6) is 0 Å². The van der Waals surface area contributed by atoms with E-state index in [0.717, 1.165) is 0 Å². The highest BCUT2D eigenvalue weighted by Crippen LogP contribution is 2.36. The van der Waals surface area contributed by atoms with Gasteiger partial charge in [-0.1, -0.05) is 24.3 Å². The Bertz CT molecular complexity index is 404. The van der Waals surface area contributed by atoms with E-state index >= 15 is 0 Å². The van der Waals surface area contributed by atoms with Gasteiger partial charge in [-0.15, -0.1) is 0 Å². The molecule has 1 heterocycles. The molecular formula is C12H15BrFNO2. The molecule has 2 unspecified atom stereocenters. The van der Waals surface area contributed by atoms with Crippen LogP contribution in [0.25, 0.3) is 0 Å². The Balaban J connectivity index is 2.30. The molecule has 0 amide bonds. The lowest BCUT2D eigenvalue weighted by Gasteiger charge is -2.39. The van der Waals surface area contributed by atoms with Crippen molar-refractivity contribution in [1.82, 2.24) is 3.93 Å². The number of rotatable bonds is 2. The predicted molar refractivity (Wildman–Crippen MR) is 66.3 cm³/mol. The molecule has 2 rings (SSSR count). The minimum Gasteiger partial charge on any atom is -0.392 e. The van der Waals surface area contributed by atoms with Gasteiger partial charge in [0.15, 0.2) is 0 Å². The summed E-state index contributed by atoms with van der Waals surface area (Å²) >= 11 is 3.22. The van der Waals surface area contributed by atoms with Crippen LogP contribution in [-0.2, 0) is 12.2 Å². The Morgan fingerprint density at radius 3 is 2.94 bits per heavy atom. The SMILES string of the molecule is OCc1cccc(C2(O)CCN(Br)CC2F)c1. The van der Waals surface area contributed by atoms with Crippen molar-refractivity contribution < 1.29 is 14.6 Å². The van der Waals surface area contributed by atoms with E-state index in [2.05, 4.69) is 16.1 Å². The third kappa shape index (κ3) is 2.52. The van der Waals surface area contributed by atoms with E-state index < -0.39 is 11.8 Å². The topological polar surface area (TPSA) is 43.7 Å². The van der Waals surface area contributed by atoms with Crippen molar-refractivity contribution in [1.29, 1.82) is 0 Å². The quantitative estimate of drug-likeness (QED) is 0.818. The molecule has 1 aromatic carbocycles. The maximum atomic E-state index is 14.0. The molecule has 1 fully saturated rings. The number of benzene rings is 1. The fraction of sp³-hybridized carbons (Fsp3) is 0.500. The van der Waals surface area contributed by atoms with Gasteiger partial charge in [-0.05, 0) is 17.5 Å². The summed E-state index contributed by atoms with van der Waals surface area (Å²) in [7, 11) is 0. The van der Waals surface area contributed by atoms with E-state index in [4.69, 9.17) is 5.11 Å². The van der Waals surface area contributed by atoms with E-state index in [-0.39, 0.29) is 13.2 Å². The highest BCUT2D eigenvalue weighted by Gasteiger charge is 2.43. The first-order valence-corrected chi connectivity index (χ1v) is 6.24. The van der Waals surface area contributed by atoms with Crippen LogP contribution in [0.1, 0.15) is 17.5 Å². The number of aliphatic hydroxyl groups excluding tert-OH is 1. The maximum Gasteiger partial charge on any atom is 0.146 e. The molecule has 1 aliphatic rings. The number of nitrogens with zero attached hydrogens (tertiary/aromatic N) is 1. The molecule has 0 radical (unpaired) electrons. The van der Waals surface area contributed by atoms with Crippen LogP contribution < -0.4 is 0 Å². The third-order valence-corrected chi connectivity index (χ3v) is 3.87. The van der Waals surface area contributed by atoms with E-state index in [1.165, 1.54) is 0 Å². The Morgan fingerprint density at radius 2 is 2.29 bits per heavy atom. The smallest absolute Gasteiger partial charge is 0.146 e. The molecule has 94 valence electrons. The highest BCUT2D eigenvalue weighted by atomic mass is 79.9. The average molecular weight is 304 g/mol. The molecule has 1 aromatic rings. The second-order valence-electron chi connectivity index (χ2n) is 4.37. The van der Waals surface area contributed by atoms with Gasteiger partial charge < -0.3 is 10.2 Å². The van der Waals surface area contributed by atoms with Crippen molar-refractivity contribution in [2.45, 2.75) is 24.8 Å². The highest BCUT2D eigenvalue weighted by molar-refractivity contribution is 9.07. The van der Waals surface area contributed by atoms with Crippen molar-refractivity contribution in [2.75, 3.05) is 13.1 Å². The fourth-order valence-electron chi connectivity index (χ4n) is 2.13. The number of aliphatic hydroxyl groups is 2. The van der Waals surface area contributed by atoms with Gasteiger partial charge in [0.05, 0.1) is 6.61 Å². The molecule has 2 atom stereocenters. The molecule has 1 saturated heterocycles. The monoisotopic (exact) mass is 303 g/mol. The summed E-state index contributed by atoms with van der Waals surface area (Å²) in [6.45, 7) is 0.631. The van der Waals surface area contributed by atoms with Crippen LogP contribution in [0.4, 0.5) is 4.39 Å². The molecule has 0 saturated carbocycles. The number of alkyl halides is 1. The molecule has 2 N–H and O–H groups in total. The van der Waals surface area contributed by atoms with E-state index in [1.54, 1.807) is 28.2 Å². The summed E-state index contributed by atoms with van der Waals surface area (Å²) in [5.41, 5.74) is -0.225. The molecular weight excluding hydrogens is 289 g/mol. The zero-order chi connectivity index (χ0) is 12.5. The van der Waals surface area contributed by atoms with Crippen molar-refractivity contribution in [3.8, 4) is 0 Å². The molecule has 17 heavy (non-hydrogen) atoms. The lowest BCUT2D eigenvalue weighted by Crippen LogP contribution is -2.48. The molecule has 0 aliphatic carbocycles. The minimum atomic E-state index is -1.45. The Labute approximate surface area is 108 Å². The molecule has 0 bridgehead atoms. The lowest BCUT2D eigenvalue weighted by molar-refractivity contribution is -0.0736. The van der Waals surface area contributed by atoms with Crippen LogP contribution in [-0.4, -0.2) is 33.4 Å². The lowest BCUT2D eigenvalue weighted by atomic mass is 9.83. The van der Waals surface area contributed by atoms with Gasteiger partial charge in [-0.2, -0.15) is 0 Å². The second-order valence-corrected chi connectivity index (χ2v) is 5.37. The number of hydrogen-bond donors (Lipinski definition) is 2. The normalized spacial score (nSPS) is 30.5. The van der Waals surface area contributed by atoms with Crippen molar-refractivity contribution >= 4 is 16.1 Å². The van der Waals surface area contributed by atoms with Gasteiger partial charge in [-0.25, -0.2) is 8.32 Å². The van der Waals surface area contributed by atoms with Crippen molar-refractivity contribution in [2.24, 2.45) is 0 Å². The molecule has 5 heteroatoms. The Kier molecular flexibility index (Phi) is 3.82. The maximum absolute atomic E-state index is 14.0. The predicted octanol–water partition coefficient (Wildman–Crippen LogP) is 1.72. The van der Waals surface area contributed by atoms with Crippen LogP contribution in [0, 0.1) is 0 Å². The summed E-state index contributed by atoms with van der Waals surface area (Å²) in [5, 5.41) is 19.5. The van der Waals surface area contributed by atoms with Gasteiger partial charge in [0.1, 0.15) is 11.8 Å². The first-order chi connectivity index (χ1) is 8.06. The van der Waals surface area contributed by atoms with Crippen molar-refractivity contribution in [3.05, 3.63) is 35.4 Å². The number of halogens is 2. The number of hydrogen-bond acceptors (Lipinski definition) is 3. The van der Waals surface area contributed by atoms with Crippen LogP contribution >= 0.6 is 16.1 Å². The molecule has 0 spiro atoms. The third-order valence-electron chi connectivity index (χ3n) is 3.22. The zero-order valence-electron chi connectivity index (χ0n) is 9.31. The first-order valence-electron chi connectivity index (χ1n) is 5.53. The summed E-state index contributed by atoms with van der Waals surface area (Å²) in [5.74, 6) is 0. The van der Waals surface area contributed by atoms with Crippen LogP contribution in [0.2, 0.25) is 0 Å². The van der Waals surface area contributed by atoms with Gasteiger partial charge in [0.25, 0.3) is 0 Å². The minimum absolute atomic E-state index is 0.106. The van der Waals surface area contributed by atoms with Gasteiger partial charge in [0.2, 0.25) is 0 Å². The summed E-state index contributed by atoms with van der Waals surface area (Å²) in [4.78, 5) is 0. The van der Waals surface area contributed by atoms with Crippen LogP contribution in [0.3, 0.4) is 0 Å². The summed E-state index contributed by atoms with van der Waals surface area (Å²) < 4.78 is 15.7. The van der Waals surface area contributed by atoms with E-state index in [1.807, 2.05) is 0 Å². The van der Waals surface area contributed by atoms with Crippen molar-refractivity contribution in [3.63, 3.8) is 0 Å². The van der Waals surface area contributed by atoms with Gasteiger partial charge in [0, 0.05) is 29.2 Å². The summed E-state index contributed by atoms with van der Waals surface area (Å²) in [6.07, 6.45) is -1.02. The van der Waals surface area contributed by atoms with Crippen LogP contribution in [0.15, 0.2) is 24.3 Å². The standard InChI is InChI=1S/C12H15BrFNO2/c13-15-5-4-12(17,11(14)7-15)10-3-1-2-9(6-10)8-16/h1-3,6,11,16-17H,4-5,7-8H2. The van der Waals surface area contributed by atoms with E-state index in [9.17, 15) is 9.50 Å². The molecule has 0 aromatic heterocycles. The summed E-state index contributed by atoms with van der Waals surface area (Å²) in [6, 6.07) is 6.85. The Hall–Kier alpha value is -0.490.